The van der Waals surface area contributed by atoms with Crippen LogP contribution in [0.25, 0.3) is 28.1 Å². The molecule has 4 aromatic rings. The van der Waals surface area contributed by atoms with E-state index in [4.69, 9.17) is 20.4 Å². The predicted molar refractivity (Wildman–Crippen MR) is 145 cm³/mol. The Labute approximate surface area is 216 Å². The summed E-state index contributed by atoms with van der Waals surface area (Å²) in [6.07, 6.45) is 4.87. The second-order valence-corrected chi connectivity index (χ2v) is 10.6. The van der Waals surface area contributed by atoms with E-state index in [2.05, 4.69) is 41.9 Å². The van der Waals surface area contributed by atoms with Crippen LogP contribution in [0, 0.1) is 12.8 Å². The minimum absolute atomic E-state index is 0.0189. The third-order valence-corrected chi connectivity index (χ3v) is 7.84. The van der Waals surface area contributed by atoms with E-state index in [9.17, 15) is 4.79 Å². The number of methoxy groups -OCH3 is 1. The van der Waals surface area contributed by atoms with E-state index < -0.39 is 0 Å². The summed E-state index contributed by atoms with van der Waals surface area (Å²) < 4.78 is 10.1. The van der Waals surface area contributed by atoms with E-state index in [0.717, 1.165) is 64.5 Å². The maximum absolute atomic E-state index is 13.2. The molecule has 0 spiro atoms. The molecule has 2 aliphatic rings. The predicted octanol–water partition coefficient (Wildman–Crippen LogP) is 4.77. The Bertz CT molecular complexity index is 1560. The number of nitrogens with two attached hydrogens (primary N) is 1. The Kier molecular flexibility index (Phi) is 5.70. The smallest absolute Gasteiger partial charge is 0.251 e. The fourth-order valence-electron chi connectivity index (χ4n) is 5.49. The topological polar surface area (TPSA) is 99.5 Å². The molecule has 1 amide bonds. The second kappa shape index (κ2) is 8.94. The van der Waals surface area contributed by atoms with Crippen LogP contribution in [0.2, 0.25) is 0 Å². The van der Waals surface area contributed by atoms with Gasteiger partial charge in [0.2, 0.25) is 0 Å². The average molecular weight is 499 g/mol. The standard InChI is InChI=1S/C29H34N6O2/c1-5-21-9-8-19-11-24(34(28(19)31-21)15-18-6-7-18)27-17(3)35-25(33-27)12-20(13-26(35)37-4)29(36)32-22-10-16(2)23(30)14-22/h8-9,11-13,18,22H,5-7,10,14-15,30H2,1-4H3,(H,32,36). The highest BCUT2D eigenvalue weighted by Crippen LogP contribution is 2.37. The zero-order chi connectivity index (χ0) is 25.8. The van der Waals surface area contributed by atoms with Gasteiger partial charge in [-0.1, -0.05) is 12.5 Å². The monoisotopic (exact) mass is 498 g/mol. The molecule has 4 aromatic heterocycles. The molecule has 0 aliphatic heterocycles. The van der Waals surface area contributed by atoms with Gasteiger partial charge in [-0.15, -0.1) is 0 Å². The van der Waals surface area contributed by atoms with Crippen molar-refractivity contribution >= 4 is 22.6 Å². The highest BCUT2D eigenvalue weighted by molar-refractivity contribution is 5.96. The third-order valence-electron chi connectivity index (χ3n) is 7.84. The maximum Gasteiger partial charge on any atom is 0.251 e. The van der Waals surface area contributed by atoms with E-state index in [-0.39, 0.29) is 11.9 Å². The highest BCUT2D eigenvalue weighted by atomic mass is 16.5. The lowest BCUT2D eigenvalue weighted by Gasteiger charge is -2.14. The molecule has 192 valence electrons. The SMILES string of the molecule is CCc1ccc2cc(-c3nc4cc(C(=O)NC5CC(C)=C(N)C5)cc(OC)n4c3C)n(CC3CC3)c2n1. The number of carbonyl (C=O) groups excluding carboxylic acids is 1. The Morgan fingerprint density at radius 1 is 1.16 bits per heavy atom. The molecule has 1 atom stereocenters. The number of carbonyl (C=O) groups is 1. The molecule has 0 saturated heterocycles. The van der Waals surface area contributed by atoms with Crippen molar-refractivity contribution in [2.24, 2.45) is 11.7 Å². The molecule has 8 heteroatoms. The Balaban J connectivity index is 1.43. The number of ether oxygens (including phenoxy) is 1. The van der Waals surface area contributed by atoms with Gasteiger partial charge in [0.1, 0.15) is 17.0 Å². The lowest BCUT2D eigenvalue weighted by Crippen LogP contribution is -2.33. The molecule has 3 N–H and O–H groups in total. The molecule has 0 radical (unpaired) electrons. The molecule has 0 bridgehead atoms. The summed E-state index contributed by atoms with van der Waals surface area (Å²) in [5.74, 6) is 1.12. The number of imidazole rings is 1. The van der Waals surface area contributed by atoms with Crippen LogP contribution in [-0.4, -0.2) is 38.0 Å². The van der Waals surface area contributed by atoms with Crippen LogP contribution in [0.5, 0.6) is 5.88 Å². The average Bonchev–Trinajstić information content (AvgIpc) is 3.45. The third kappa shape index (κ3) is 4.14. The summed E-state index contributed by atoms with van der Waals surface area (Å²) in [5.41, 5.74) is 14.3. The molecule has 8 nitrogen and oxygen atoms in total. The van der Waals surface area contributed by atoms with Gasteiger partial charge in [0, 0.05) is 47.4 Å². The number of pyridine rings is 2. The van der Waals surface area contributed by atoms with Crippen molar-refractivity contribution in [3.05, 3.63) is 58.6 Å². The van der Waals surface area contributed by atoms with Crippen molar-refractivity contribution in [2.45, 2.75) is 65.5 Å². The van der Waals surface area contributed by atoms with E-state index in [1.165, 1.54) is 12.8 Å². The van der Waals surface area contributed by atoms with Gasteiger partial charge in [-0.2, -0.15) is 0 Å². The molecule has 0 aromatic carbocycles. The van der Waals surface area contributed by atoms with E-state index >= 15 is 0 Å². The van der Waals surface area contributed by atoms with Crippen molar-refractivity contribution in [1.29, 1.82) is 0 Å². The first kappa shape index (κ1) is 23.6. The second-order valence-electron chi connectivity index (χ2n) is 10.6. The summed E-state index contributed by atoms with van der Waals surface area (Å²) in [6.45, 7) is 7.15. The molecule has 1 saturated carbocycles. The quantitative estimate of drug-likeness (QED) is 0.383. The normalized spacial score (nSPS) is 17.8. The Hall–Kier alpha value is -3.81. The summed E-state index contributed by atoms with van der Waals surface area (Å²) >= 11 is 0. The van der Waals surface area contributed by atoms with E-state index in [1.54, 1.807) is 13.2 Å². The fraction of sp³-hybridized carbons (Fsp3) is 0.414. The zero-order valence-corrected chi connectivity index (χ0v) is 22.0. The lowest BCUT2D eigenvalue weighted by molar-refractivity contribution is 0.0938. The van der Waals surface area contributed by atoms with E-state index in [0.29, 0.717) is 29.4 Å². The van der Waals surface area contributed by atoms with Gasteiger partial charge in [-0.3, -0.25) is 9.20 Å². The van der Waals surface area contributed by atoms with Gasteiger partial charge in [0.05, 0.1) is 18.5 Å². The Morgan fingerprint density at radius 2 is 1.97 bits per heavy atom. The molecular weight excluding hydrogens is 464 g/mol. The number of nitrogens with one attached hydrogen (secondary N) is 1. The van der Waals surface area contributed by atoms with Gasteiger partial charge in [-0.25, -0.2) is 9.97 Å². The minimum Gasteiger partial charge on any atom is -0.482 e. The van der Waals surface area contributed by atoms with Crippen LogP contribution < -0.4 is 15.8 Å². The first-order chi connectivity index (χ1) is 17.9. The maximum atomic E-state index is 13.2. The lowest BCUT2D eigenvalue weighted by atomic mass is 10.1. The first-order valence-electron chi connectivity index (χ1n) is 13.2. The van der Waals surface area contributed by atoms with Gasteiger partial charge in [0.25, 0.3) is 5.91 Å². The number of aromatic nitrogens is 4. The highest BCUT2D eigenvalue weighted by Gasteiger charge is 2.27. The zero-order valence-electron chi connectivity index (χ0n) is 22.0. The molecule has 6 rings (SSSR count). The van der Waals surface area contributed by atoms with Crippen molar-refractivity contribution in [3.63, 3.8) is 0 Å². The van der Waals surface area contributed by atoms with Gasteiger partial charge in [0.15, 0.2) is 5.88 Å². The largest absolute Gasteiger partial charge is 0.482 e. The molecule has 37 heavy (non-hydrogen) atoms. The van der Waals surface area contributed by atoms with Gasteiger partial charge >= 0.3 is 0 Å². The number of hydrogen-bond donors (Lipinski definition) is 2. The van der Waals surface area contributed by atoms with Crippen LogP contribution in [-0.2, 0) is 13.0 Å². The Morgan fingerprint density at radius 3 is 2.65 bits per heavy atom. The molecule has 1 unspecified atom stereocenters. The summed E-state index contributed by atoms with van der Waals surface area (Å²) in [5, 5.41) is 4.25. The first-order valence-corrected chi connectivity index (χ1v) is 13.2. The number of rotatable bonds is 7. The van der Waals surface area contributed by atoms with Crippen molar-refractivity contribution in [1.82, 2.24) is 24.3 Å². The van der Waals surface area contributed by atoms with Gasteiger partial charge in [-0.05, 0) is 69.7 Å². The fourth-order valence-corrected chi connectivity index (χ4v) is 5.49. The summed E-state index contributed by atoms with van der Waals surface area (Å²) in [4.78, 5) is 23.2. The minimum atomic E-state index is -0.144. The van der Waals surface area contributed by atoms with Crippen LogP contribution in [0.15, 0.2) is 41.6 Å². The van der Waals surface area contributed by atoms with Crippen LogP contribution in [0.3, 0.4) is 0 Å². The van der Waals surface area contributed by atoms with Crippen molar-refractivity contribution in [3.8, 4) is 17.3 Å². The summed E-state index contributed by atoms with van der Waals surface area (Å²) in [6, 6.07) is 10.1. The molecular formula is C29H34N6O2. The van der Waals surface area contributed by atoms with Crippen LogP contribution in [0.1, 0.15) is 61.3 Å². The molecule has 2 aliphatic carbocycles. The summed E-state index contributed by atoms with van der Waals surface area (Å²) in [7, 11) is 1.63. The number of aryl methyl sites for hydroxylation is 2. The number of hydrogen-bond acceptors (Lipinski definition) is 5. The van der Waals surface area contributed by atoms with Crippen LogP contribution >= 0.6 is 0 Å². The number of nitrogens with zero attached hydrogens (tertiary/aromatic N) is 4. The van der Waals surface area contributed by atoms with Crippen molar-refractivity contribution < 1.29 is 9.53 Å². The van der Waals surface area contributed by atoms with E-state index in [1.807, 2.05) is 17.4 Å². The van der Waals surface area contributed by atoms with Gasteiger partial charge < -0.3 is 20.4 Å². The molecule has 1 fully saturated rings. The number of fused-ring (bicyclic) bond motifs is 2. The number of amides is 1. The molecule has 4 heterocycles. The van der Waals surface area contributed by atoms with Crippen LogP contribution in [0.4, 0.5) is 0 Å². The van der Waals surface area contributed by atoms with Crippen molar-refractivity contribution in [2.75, 3.05) is 7.11 Å².